The van der Waals surface area contributed by atoms with Crippen molar-refractivity contribution < 1.29 is 14.1 Å². The van der Waals surface area contributed by atoms with Gasteiger partial charge in [0, 0.05) is 36.6 Å². The lowest BCUT2D eigenvalue weighted by atomic mass is 10.2. The van der Waals surface area contributed by atoms with E-state index in [0.717, 1.165) is 40.4 Å². The van der Waals surface area contributed by atoms with Gasteiger partial charge in [0.05, 0.1) is 23.3 Å². The lowest BCUT2D eigenvalue weighted by Gasteiger charge is -2.22. The molecule has 0 aliphatic carbocycles. The van der Waals surface area contributed by atoms with Crippen molar-refractivity contribution in [1.29, 1.82) is 0 Å². The summed E-state index contributed by atoms with van der Waals surface area (Å²) in [6, 6.07) is 13.5. The molecule has 0 fully saturated rings. The van der Waals surface area contributed by atoms with E-state index in [-0.39, 0.29) is 12.3 Å². The molecule has 10 heteroatoms. The number of hydrogen-bond donors (Lipinski definition) is 1. The summed E-state index contributed by atoms with van der Waals surface area (Å²) in [5, 5.41) is 9.52. The van der Waals surface area contributed by atoms with Crippen LogP contribution in [-0.4, -0.2) is 37.9 Å². The van der Waals surface area contributed by atoms with Crippen LogP contribution in [0.5, 0.6) is 5.75 Å². The molecule has 2 N–H and O–H groups in total. The highest BCUT2D eigenvalue weighted by molar-refractivity contribution is 7.21. The van der Waals surface area contributed by atoms with E-state index in [1.165, 1.54) is 11.3 Å². The summed E-state index contributed by atoms with van der Waals surface area (Å²) in [5.74, 6) is 1.45. The van der Waals surface area contributed by atoms with Gasteiger partial charge >= 0.3 is 5.13 Å². The lowest BCUT2D eigenvalue weighted by molar-refractivity contribution is -0.653. The molecule has 0 spiro atoms. The summed E-state index contributed by atoms with van der Waals surface area (Å²) >= 11 is 13.3. The van der Waals surface area contributed by atoms with Gasteiger partial charge in [-0.25, -0.2) is 4.57 Å². The second kappa shape index (κ2) is 11.3. The number of primary amides is 1. The Hall–Kier alpha value is -2.42. The summed E-state index contributed by atoms with van der Waals surface area (Å²) in [6.45, 7) is 1.88. The zero-order valence-corrected chi connectivity index (χ0v) is 19.5. The third-order valence-corrected chi connectivity index (χ3v) is 6.02. The van der Waals surface area contributed by atoms with Gasteiger partial charge in [0.1, 0.15) is 23.5 Å². The van der Waals surface area contributed by atoms with E-state index in [0.29, 0.717) is 23.4 Å². The molecule has 0 saturated carbocycles. The minimum absolute atomic E-state index is 0.219. The fraction of sp³-hybridized carbons (Fsp3) is 0.333. The molecule has 1 heterocycles. The fourth-order valence-electron chi connectivity index (χ4n) is 3.10. The number of ether oxygens (including phenoxy) is 1. The number of rotatable bonds is 11. The van der Waals surface area contributed by atoms with Crippen LogP contribution < -0.4 is 19.9 Å². The Balaban J connectivity index is 1.87. The smallest absolute Gasteiger partial charge is 0.409 e. The Morgan fingerprint density at radius 1 is 1.13 bits per heavy atom. The summed E-state index contributed by atoms with van der Waals surface area (Å²) in [5.41, 5.74) is 8.06. The number of nitrogens with zero attached hydrogens (tertiary/aromatic N) is 4. The molecule has 3 rings (SSSR count). The number of anilines is 1. The van der Waals surface area contributed by atoms with Crippen LogP contribution >= 0.6 is 34.5 Å². The maximum Gasteiger partial charge on any atom is 0.409 e. The topological polar surface area (TPSA) is 84.2 Å². The molecule has 0 aliphatic heterocycles. The van der Waals surface area contributed by atoms with Gasteiger partial charge in [-0.1, -0.05) is 0 Å². The molecule has 3 aromatic rings. The molecule has 0 unspecified atom stereocenters. The van der Waals surface area contributed by atoms with Gasteiger partial charge in [-0.3, -0.25) is 4.79 Å². The first-order valence-corrected chi connectivity index (χ1v) is 11.6. The van der Waals surface area contributed by atoms with Crippen LogP contribution in [-0.2, 0) is 11.3 Å². The van der Waals surface area contributed by atoms with Crippen molar-refractivity contribution >= 4 is 67.2 Å². The van der Waals surface area contributed by atoms with Crippen LogP contribution in [0.1, 0.15) is 6.42 Å². The molecule has 0 aliphatic rings. The van der Waals surface area contributed by atoms with Crippen molar-refractivity contribution in [2.24, 2.45) is 16.0 Å². The van der Waals surface area contributed by atoms with Crippen LogP contribution in [0.4, 0.5) is 16.5 Å². The van der Waals surface area contributed by atoms with Crippen molar-refractivity contribution in [3.05, 3.63) is 42.5 Å². The molecule has 0 saturated heterocycles. The third-order valence-electron chi connectivity index (χ3n) is 4.65. The largest absolute Gasteiger partial charge is 0.497 e. The second-order valence-electron chi connectivity index (χ2n) is 6.67. The number of azo groups is 1. The van der Waals surface area contributed by atoms with Crippen molar-refractivity contribution in [3.8, 4) is 5.75 Å². The van der Waals surface area contributed by atoms with Crippen molar-refractivity contribution in [3.63, 3.8) is 0 Å². The number of carbonyl (C=O) groups is 1. The number of aromatic nitrogens is 1. The molecule has 0 atom stereocenters. The number of carbonyl (C=O) groups excluding carboxylic acids is 1. The van der Waals surface area contributed by atoms with Crippen LogP contribution in [0, 0.1) is 0 Å². The highest BCUT2D eigenvalue weighted by Crippen LogP contribution is 2.31. The number of halogens is 2. The van der Waals surface area contributed by atoms with E-state index in [4.69, 9.17) is 33.7 Å². The standard InChI is InChI=1S/C21H23Cl2N5O2S/c1-30-17-6-7-18-19(14-17)31-21(28(18)11-8-20(24)29)26-25-15-2-4-16(5-3-15)27(12-9-22)13-10-23/h2-7,14H,8-13H2,1H3,(H-,24,29)/p+1. The number of amides is 1. The predicted octanol–water partition coefficient (Wildman–Crippen LogP) is 4.77. The molecular weight excluding hydrogens is 457 g/mol. The Kier molecular flexibility index (Phi) is 8.45. The number of alkyl halides is 2. The molecular formula is C21H24Cl2N5O2S+. The SMILES string of the molecule is COc1ccc2c(c1)sc(N=Nc1ccc(N(CCCl)CCCl)cc1)[n+]2CCC(N)=O. The van der Waals surface area contributed by atoms with Crippen molar-refractivity contribution in [1.82, 2.24) is 0 Å². The molecule has 0 bridgehead atoms. The van der Waals surface area contributed by atoms with Gasteiger partial charge in [-0.15, -0.1) is 23.2 Å². The summed E-state index contributed by atoms with van der Waals surface area (Å²) in [6.07, 6.45) is 0.219. The zero-order valence-electron chi connectivity index (χ0n) is 17.1. The van der Waals surface area contributed by atoms with Crippen LogP contribution in [0.15, 0.2) is 52.7 Å². The average Bonchev–Trinajstić information content (AvgIpc) is 3.13. The summed E-state index contributed by atoms with van der Waals surface area (Å²) in [4.78, 5) is 13.4. The Bertz CT molecular complexity index is 1050. The molecule has 0 radical (unpaired) electrons. The highest BCUT2D eigenvalue weighted by atomic mass is 35.5. The molecule has 1 aromatic heterocycles. The van der Waals surface area contributed by atoms with E-state index in [9.17, 15) is 4.79 Å². The van der Waals surface area contributed by atoms with Gasteiger partial charge < -0.3 is 15.4 Å². The van der Waals surface area contributed by atoms with E-state index in [1.54, 1.807) is 7.11 Å². The molecule has 1 amide bonds. The quantitative estimate of drug-likeness (QED) is 0.243. The van der Waals surface area contributed by atoms with E-state index < -0.39 is 0 Å². The molecule has 2 aromatic carbocycles. The summed E-state index contributed by atoms with van der Waals surface area (Å²) in [7, 11) is 1.63. The monoisotopic (exact) mass is 480 g/mol. The Morgan fingerprint density at radius 2 is 1.84 bits per heavy atom. The van der Waals surface area contributed by atoms with Crippen LogP contribution in [0.2, 0.25) is 0 Å². The molecule has 164 valence electrons. The highest BCUT2D eigenvalue weighted by Gasteiger charge is 2.20. The van der Waals surface area contributed by atoms with Crippen LogP contribution in [0.3, 0.4) is 0 Å². The second-order valence-corrected chi connectivity index (χ2v) is 8.43. The normalized spacial score (nSPS) is 11.3. The fourth-order valence-corrected chi connectivity index (χ4v) is 4.54. The number of benzene rings is 2. The molecule has 31 heavy (non-hydrogen) atoms. The first-order valence-electron chi connectivity index (χ1n) is 9.73. The van der Waals surface area contributed by atoms with Gasteiger partial charge in [-0.2, -0.15) is 0 Å². The first-order chi connectivity index (χ1) is 15.0. The molecule has 7 nitrogen and oxygen atoms in total. The third kappa shape index (κ3) is 6.06. The number of methoxy groups -OCH3 is 1. The number of nitrogens with two attached hydrogens (primary N) is 1. The lowest BCUT2D eigenvalue weighted by Crippen LogP contribution is -2.34. The van der Waals surface area contributed by atoms with Crippen molar-refractivity contribution in [2.75, 3.05) is 36.9 Å². The Labute approximate surface area is 195 Å². The van der Waals surface area contributed by atoms with E-state index >= 15 is 0 Å². The van der Waals surface area contributed by atoms with Gasteiger partial charge in [0.2, 0.25) is 5.91 Å². The number of hydrogen-bond acceptors (Lipinski definition) is 6. The average molecular weight is 481 g/mol. The zero-order chi connectivity index (χ0) is 22.2. The maximum absolute atomic E-state index is 11.3. The number of thiazole rings is 1. The van der Waals surface area contributed by atoms with Gasteiger partial charge in [0.15, 0.2) is 0 Å². The number of fused-ring (bicyclic) bond motifs is 1. The maximum atomic E-state index is 11.3. The minimum atomic E-state index is -0.364. The van der Waals surface area contributed by atoms with E-state index in [2.05, 4.69) is 15.1 Å². The van der Waals surface area contributed by atoms with Crippen molar-refractivity contribution in [2.45, 2.75) is 13.0 Å². The summed E-state index contributed by atoms with van der Waals surface area (Å²) < 4.78 is 8.25. The number of aryl methyl sites for hydroxylation is 1. The van der Waals surface area contributed by atoms with Crippen LogP contribution in [0.25, 0.3) is 10.2 Å². The van der Waals surface area contributed by atoms with E-state index in [1.807, 2.05) is 47.0 Å². The minimum Gasteiger partial charge on any atom is -0.497 e. The first kappa shape index (κ1) is 23.2. The Morgan fingerprint density at radius 3 is 2.45 bits per heavy atom. The van der Waals surface area contributed by atoms with Gasteiger partial charge in [0.25, 0.3) is 0 Å². The predicted molar refractivity (Wildman–Crippen MR) is 127 cm³/mol. The van der Waals surface area contributed by atoms with Gasteiger partial charge in [-0.05, 0) is 52.8 Å².